The topological polar surface area (TPSA) is 24.9 Å². The van der Waals surface area contributed by atoms with Crippen LogP contribution < -0.4 is 5.32 Å². The molecule has 0 fully saturated rings. The van der Waals surface area contributed by atoms with Crippen molar-refractivity contribution in [1.29, 1.82) is 0 Å². The standard InChI is InChI=1S/C9H16N2S/c1-4-8-6-12-9(11-8)5-7(2)10-3/h6-7,10H,4-5H2,1-3H3. The van der Waals surface area contributed by atoms with Crippen molar-refractivity contribution in [3.63, 3.8) is 0 Å². The predicted molar refractivity (Wildman–Crippen MR) is 53.7 cm³/mol. The minimum atomic E-state index is 0.529. The fraction of sp³-hybridized carbons (Fsp3) is 0.667. The highest BCUT2D eigenvalue weighted by molar-refractivity contribution is 7.09. The first-order valence-electron chi connectivity index (χ1n) is 4.36. The van der Waals surface area contributed by atoms with E-state index in [1.165, 1.54) is 10.7 Å². The van der Waals surface area contributed by atoms with E-state index in [9.17, 15) is 0 Å². The molecule has 3 heteroatoms. The lowest BCUT2D eigenvalue weighted by molar-refractivity contribution is 0.606. The lowest BCUT2D eigenvalue weighted by Gasteiger charge is -2.05. The van der Waals surface area contributed by atoms with Crippen molar-refractivity contribution in [2.45, 2.75) is 32.7 Å². The van der Waals surface area contributed by atoms with Gasteiger partial charge in [-0.25, -0.2) is 4.98 Å². The maximum atomic E-state index is 4.50. The summed E-state index contributed by atoms with van der Waals surface area (Å²) in [5.41, 5.74) is 1.22. The molecule has 0 saturated carbocycles. The van der Waals surface area contributed by atoms with Crippen molar-refractivity contribution < 1.29 is 0 Å². The van der Waals surface area contributed by atoms with Gasteiger partial charge >= 0.3 is 0 Å². The van der Waals surface area contributed by atoms with E-state index in [1.54, 1.807) is 11.3 Å². The Balaban J connectivity index is 2.52. The second-order valence-electron chi connectivity index (χ2n) is 2.98. The number of nitrogens with one attached hydrogen (secondary N) is 1. The Morgan fingerprint density at radius 1 is 1.67 bits per heavy atom. The normalized spacial score (nSPS) is 13.2. The van der Waals surface area contributed by atoms with Gasteiger partial charge in [-0.15, -0.1) is 11.3 Å². The monoisotopic (exact) mass is 184 g/mol. The Morgan fingerprint density at radius 3 is 2.92 bits per heavy atom. The van der Waals surface area contributed by atoms with Crippen molar-refractivity contribution in [2.75, 3.05) is 7.05 Å². The second kappa shape index (κ2) is 4.58. The summed E-state index contributed by atoms with van der Waals surface area (Å²) >= 11 is 1.77. The third-order valence-electron chi connectivity index (χ3n) is 1.94. The molecule has 0 spiro atoms. The molecule has 0 aliphatic rings. The summed E-state index contributed by atoms with van der Waals surface area (Å²) < 4.78 is 0. The molecule has 1 heterocycles. The predicted octanol–water partition coefficient (Wildman–Crippen LogP) is 1.86. The van der Waals surface area contributed by atoms with Crippen molar-refractivity contribution in [3.05, 3.63) is 16.1 Å². The van der Waals surface area contributed by atoms with Crippen molar-refractivity contribution >= 4 is 11.3 Å². The Bertz CT molecular complexity index is 232. The van der Waals surface area contributed by atoms with Crippen molar-refractivity contribution in [2.24, 2.45) is 0 Å². The molecule has 1 atom stereocenters. The van der Waals surface area contributed by atoms with Crippen LogP contribution in [-0.2, 0) is 12.8 Å². The maximum Gasteiger partial charge on any atom is 0.0943 e. The van der Waals surface area contributed by atoms with Gasteiger partial charge in [0.25, 0.3) is 0 Å². The molecule has 12 heavy (non-hydrogen) atoms. The summed E-state index contributed by atoms with van der Waals surface area (Å²) in [6.07, 6.45) is 2.09. The lowest BCUT2D eigenvalue weighted by atomic mass is 10.2. The summed E-state index contributed by atoms with van der Waals surface area (Å²) in [5, 5.41) is 6.60. The van der Waals surface area contributed by atoms with Crippen LogP contribution in [0.1, 0.15) is 24.5 Å². The van der Waals surface area contributed by atoms with E-state index in [2.05, 4.69) is 29.5 Å². The molecule has 0 radical (unpaired) electrons. The van der Waals surface area contributed by atoms with Crippen LogP contribution in [0.4, 0.5) is 0 Å². The van der Waals surface area contributed by atoms with Crippen molar-refractivity contribution in [3.8, 4) is 0 Å². The van der Waals surface area contributed by atoms with Gasteiger partial charge in [0.1, 0.15) is 0 Å². The first-order valence-corrected chi connectivity index (χ1v) is 5.24. The van der Waals surface area contributed by atoms with Gasteiger partial charge in [0.15, 0.2) is 0 Å². The third-order valence-corrected chi connectivity index (χ3v) is 2.86. The quantitative estimate of drug-likeness (QED) is 0.772. The van der Waals surface area contributed by atoms with E-state index >= 15 is 0 Å². The highest BCUT2D eigenvalue weighted by Gasteiger charge is 2.04. The number of nitrogens with zero attached hydrogens (tertiary/aromatic N) is 1. The fourth-order valence-corrected chi connectivity index (χ4v) is 1.98. The molecule has 1 aromatic rings. The zero-order chi connectivity index (χ0) is 8.97. The first kappa shape index (κ1) is 9.68. The minimum absolute atomic E-state index is 0.529. The SMILES string of the molecule is CCc1csc(CC(C)NC)n1. The average Bonchev–Trinajstić information content (AvgIpc) is 2.52. The number of aryl methyl sites for hydroxylation is 1. The van der Waals surface area contributed by atoms with Crippen LogP contribution in [0.3, 0.4) is 0 Å². The van der Waals surface area contributed by atoms with Gasteiger partial charge in [0, 0.05) is 17.8 Å². The van der Waals surface area contributed by atoms with E-state index in [0.29, 0.717) is 6.04 Å². The van der Waals surface area contributed by atoms with E-state index in [0.717, 1.165) is 12.8 Å². The molecule has 68 valence electrons. The molecule has 1 unspecified atom stereocenters. The lowest BCUT2D eigenvalue weighted by Crippen LogP contribution is -2.23. The summed E-state index contributed by atoms with van der Waals surface area (Å²) in [4.78, 5) is 4.50. The van der Waals surface area contributed by atoms with Gasteiger partial charge in [-0.1, -0.05) is 6.92 Å². The molecule has 0 saturated heterocycles. The molecule has 0 amide bonds. The Labute approximate surface area is 78.0 Å². The van der Waals surface area contributed by atoms with Gasteiger partial charge in [0.2, 0.25) is 0 Å². The van der Waals surface area contributed by atoms with E-state index < -0.39 is 0 Å². The first-order chi connectivity index (χ1) is 5.76. The van der Waals surface area contributed by atoms with Crippen LogP contribution in [0.15, 0.2) is 5.38 Å². The van der Waals surface area contributed by atoms with Crippen LogP contribution in [0.2, 0.25) is 0 Å². The highest BCUT2D eigenvalue weighted by Crippen LogP contribution is 2.11. The second-order valence-corrected chi connectivity index (χ2v) is 3.92. The fourth-order valence-electron chi connectivity index (χ4n) is 0.969. The summed E-state index contributed by atoms with van der Waals surface area (Å²) in [6, 6.07) is 0.529. The zero-order valence-electron chi connectivity index (χ0n) is 7.92. The van der Waals surface area contributed by atoms with Gasteiger partial charge in [-0.3, -0.25) is 0 Å². The van der Waals surface area contributed by atoms with Gasteiger partial charge in [-0.2, -0.15) is 0 Å². The molecule has 0 aromatic carbocycles. The average molecular weight is 184 g/mol. The molecule has 1 rings (SSSR count). The molecule has 0 aliphatic carbocycles. The van der Waals surface area contributed by atoms with Gasteiger partial charge in [0.05, 0.1) is 10.7 Å². The highest BCUT2D eigenvalue weighted by atomic mass is 32.1. The number of thiazole rings is 1. The number of likely N-dealkylation sites (N-methyl/N-ethyl adjacent to an activating group) is 1. The van der Waals surface area contributed by atoms with Crippen LogP contribution in [0.25, 0.3) is 0 Å². The summed E-state index contributed by atoms with van der Waals surface area (Å²) in [5.74, 6) is 0. The van der Waals surface area contributed by atoms with Gasteiger partial charge < -0.3 is 5.32 Å². The summed E-state index contributed by atoms with van der Waals surface area (Å²) in [7, 11) is 1.99. The van der Waals surface area contributed by atoms with Crippen LogP contribution >= 0.6 is 11.3 Å². The molecular weight excluding hydrogens is 168 g/mol. The van der Waals surface area contributed by atoms with Crippen LogP contribution in [-0.4, -0.2) is 18.1 Å². The van der Waals surface area contributed by atoms with E-state index in [-0.39, 0.29) is 0 Å². The zero-order valence-corrected chi connectivity index (χ0v) is 8.74. The molecule has 2 nitrogen and oxygen atoms in total. The Hall–Kier alpha value is -0.410. The smallest absolute Gasteiger partial charge is 0.0943 e. The van der Waals surface area contributed by atoms with Gasteiger partial charge in [-0.05, 0) is 20.4 Å². The number of hydrogen-bond donors (Lipinski definition) is 1. The van der Waals surface area contributed by atoms with E-state index in [1.807, 2.05) is 7.05 Å². The Morgan fingerprint density at radius 2 is 2.42 bits per heavy atom. The summed E-state index contributed by atoms with van der Waals surface area (Å²) in [6.45, 7) is 4.31. The minimum Gasteiger partial charge on any atom is -0.317 e. The molecule has 0 aliphatic heterocycles. The number of hydrogen-bond acceptors (Lipinski definition) is 3. The number of rotatable bonds is 4. The largest absolute Gasteiger partial charge is 0.317 e. The molecular formula is C9H16N2S. The maximum absolute atomic E-state index is 4.50. The Kier molecular flexibility index (Phi) is 3.69. The molecule has 0 bridgehead atoms. The molecule has 1 N–H and O–H groups in total. The van der Waals surface area contributed by atoms with E-state index in [4.69, 9.17) is 0 Å². The third kappa shape index (κ3) is 2.57. The van der Waals surface area contributed by atoms with Crippen LogP contribution in [0, 0.1) is 0 Å². The van der Waals surface area contributed by atoms with Crippen molar-refractivity contribution in [1.82, 2.24) is 10.3 Å². The van der Waals surface area contributed by atoms with Crippen LogP contribution in [0.5, 0.6) is 0 Å². The number of aromatic nitrogens is 1. The molecule has 1 aromatic heterocycles.